The third-order valence-corrected chi connectivity index (χ3v) is 6.12. The van der Waals surface area contributed by atoms with Crippen LogP contribution < -0.4 is 21.5 Å². The maximum atomic E-state index is 13.3. The first-order valence-corrected chi connectivity index (χ1v) is 11.8. The van der Waals surface area contributed by atoms with Crippen LogP contribution >= 0.6 is 0 Å². The molecule has 40 heavy (non-hydrogen) atoms. The van der Waals surface area contributed by atoms with Gasteiger partial charge in [-0.25, -0.2) is 19.9 Å². The van der Waals surface area contributed by atoms with Crippen molar-refractivity contribution in [1.29, 1.82) is 0 Å². The number of amides is 1. The Balaban J connectivity index is 1.33. The van der Waals surface area contributed by atoms with Gasteiger partial charge in [0.1, 0.15) is 12.1 Å². The number of piperazine rings is 1. The number of anilines is 2. The highest BCUT2D eigenvalue weighted by Crippen LogP contribution is 2.31. The number of alkyl halides is 6. The van der Waals surface area contributed by atoms with Gasteiger partial charge in [-0.2, -0.15) is 31.4 Å². The maximum absolute atomic E-state index is 13.3. The SMILES string of the molecule is C[C@@H](Cn1ccn(CC(=O)N2CCN(c3ncc(C(F)(F)F)cn3)CC2)c1=O)Nc1cn[nH]c(=O)c1C(F)(F)F. The molecule has 0 saturated carbocycles. The van der Waals surface area contributed by atoms with Crippen molar-refractivity contribution in [2.75, 3.05) is 36.4 Å². The van der Waals surface area contributed by atoms with Crippen molar-refractivity contribution in [3.05, 3.63) is 62.9 Å². The fourth-order valence-corrected chi connectivity index (χ4v) is 4.14. The predicted octanol–water partition coefficient (Wildman–Crippen LogP) is 1.41. The van der Waals surface area contributed by atoms with Gasteiger partial charge in [0.25, 0.3) is 5.56 Å². The van der Waals surface area contributed by atoms with Crippen LogP contribution in [0.25, 0.3) is 0 Å². The summed E-state index contributed by atoms with van der Waals surface area (Å²) < 4.78 is 80.3. The van der Waals surface area contributed by atoms with Crippen molar-refractivity contribution in [1.82, 2.24) is 34.2 Å². The Bertz CT molecular complexity index is 1450. The summed E-state index contributed by atoms with van der Waals surface area (Å²) in [5.41, 5.74) is -4.91. The molecule has 4 heterocycles. The van der Waals surface area contributed by atoms with E-state index in [2.05, 4.69) is 20.4 Å². The van der Waals surface area contributed by atoms with E-state index in [1.165, 1.54) is 28.8 Å². The molecule has 0 bridgehead atoms. The normalized spacial score (nSPS) is 15.3. The molecule has 1 amide bonds. The molecular formula is C22H23F6N9O3. The number of carbonyl (C=O) groups excluding carboxylic acids is 1. The molecule has 1 fully saturated rings. The van der Waals surface area contributed by atoms with Gasteiger partial charge >= 0.3 is 18.0 Å². The summed E-state index contributed by atoms with van der Waals surface area (Å²) in [6.07, 6.45) is -4.50. The number of aromatic nitrogens is 6. The Kier molecular flexibility index (Phi) is 7.88. The lowest BCUT2D eigenvalue weighted by Gasteiger charge is -2.34. The summed E-state index contributed by atoms with van der Waals surface area (Å²) in [6, 6.07) is -0.727. The van der Waals surface area contributed by atoms with Crippen LogP contribution in [0.15, 0.2) is 40.6 Å². The minimum Gasteiger partial charge on any atom is -0.379 e. The monoisotopic (exact) mass is 575 g/mol. The summed E-state index contributed by atoms with van der Waals surface area (Å²) in [4.78, 5) is 47.8. The smallest absolute Gasteiger partial charge is 0.379 e. The molecule has 4 rings (SSSR count). The number of hydrogen-bond acceptors (Lipinski definition) is 8. The van der Waals surface area contributed by atoms with E-state index in [0.29, 0.717) is 12.4 Å². The molecule has 12 nitrogen and oxygen atoms in total. The van der Waals surface area contributed by atoms with Crippen molar-refractivity contribution in [3.8, 4) is 0 Å². The van der Waals surface area contributed by atoms with E-state index >= 15 is 0 Å². The van der Waals surface area contributed by atoms with Gasteiger partial charge in [-0.1, -0.05) is 0 Å². The van der Waals surface area contributed by atoms with Crippen molar-refractivity contribution >= 4 is 17.5 Å². The molecule has 1 saturated heterocycles. The van der Waals surface area contributed by atoms with Gasteiger partial charge in [-0.15, -0.1) is 0 Å². The number of halogens is 6. The Morgan fingerprint density at radius 3 is 2.20 bits per heavy atom. The average Bonchev–Trinajstić information content (AvgIpc) is 3.21. The topological polar surface area (TPSA) is 134 Å². The lowest BCUT2D eigenvalue weighted by atomic mass is 10.2. The molecule has 0 unspecified atom stereocenters. The number of aromatic amines is 1. The van der Waals surface area contributed by atoms with E-state index < -0.39 is 46.5 Å². The number of nitrogens with zero attached hydrogens (tertiary/aromatic N) is 7. The van der Waals surface area contributed by atoms with Crippen LogP contribution in [0.1, 0.15) is 18.1 Å². The first-order chi connectivity index (χ1) is 18.7. The number of H-pyrrole nitrogens is 1. The molecule has 1 aliphatic rings. The van der Waals surface area contributed by atoms with Crippen LogP contribution in [-0.2, 0) is 30.2 Å². The van der Waals surface area contributed by atoms with Gasteiger partial charge < -0.3 is 15.1 Å². The zero-order valence-corrected chi connectivity index (χ0v) is 20.8. The van der Waals surface area contributed by atoms with Crippen LogP contribution in [0.5, 0.6) is 0 Å². The van der Waals surface area contributed by atoms with E-state index in [9.17, 15) is 40.7 Å². The molecule has 1 aliphatic heterocycles. The van der Waals surface area contributed by atoms with Crippen LogP contribution in [-0.4, -0.2) is 72.3 Å². The van der Waals surface area contributed by atoms with Crippen molar-refractivity contribution in [2.24, 2.45) is 0 Å². The van der Waals surface area contributed by atoms with Crippen LogP contribution in [0.2, 0.25) is 0 Å². The van der Waals surface area contributed by atoms with E-state index in [-0.39, 0.29) is 51.1 Å². The zero-order valence-electron chi connectivity index (χ0n) is 20.8. The van der Waals surface area contributed by atoms with Crippen molar-refractivity contribution in [2.45, 2.75) is 38.4 Å². The molecule has 216 valence electrons. The van der Waals surface area contributed by atoms with E-state index in [0.717, 1.165) is 10.8 Å². The number of nitrogens with one attached hydrogen (secondary N) is 2. The van der Waals surface area contributed by atoms with E-state index in [1.807, 2.05) is 0 Å². The maximum Gasteiger partial charge on any atom is 0.423 e. The van der Waals surface area contributed by atoms with Crippen molar-refractivity contribution in [3.63, 3.8) is 0 Å². The minimum absolute atomic E-state index is 0.0735. The second-order valence-corrected chi connectivity index (χ2v) is 9.03. The van der Waals surface area contributed by atoms with Crippen molar-refractivity contribution < 1.29 is 31.1 Å². The molecule has 2 N–H and O–H groups in total. The predicted molar refractivity (Wildman–Crippen MR) is 127 cm³/mol. The molecule has 18 heteroatoms. The van der Waals surface area contributed by atoms with Gasteiger partial charge in [0.05, 0.1) is 17.4 Å². The Labute approximate surface area is 221 Å². The lowest BCUT2D eigenvalue weighted by molar-refractivity contribution is -0.139. The number of hydrogen-bond donors (Lipinski definition) is 2. The van der Waals surface area contributed by atoms with Gasteiger partial charge in [0.15, 0.2) is 0 Å². The lowest BCUT2D eigenvalue weighted by Crippen LogP contribution is -2.50. The Hall–Kier alpha value is -4.38. The van der Waals surface area contributed by atoms with Gasteiger partial charge in [0, 0.05) is 63.6 Å². The first kappa shape index (κ1) is 28.6. The Morgan fingerprint density at radius 2 is 1.60 bits per heavy atom. The Morgan fingerprint density at radius 1 is 0.975 bits per heavy atom. The quantitative estimate of drug-likeness (QED) is 0.404. The first-order valence-electron chi connectivity index (χ1n) is 11.8. The van der Waals surface area contributed by atoms with Gasteiger partial charge in [-0.05, 0) is 6.92 Å². The summed E-state index contributed by atoms with van der Waals surface area (Å²) in [5.74, 6) is -0.266. The number of rotatable bonds is 7. The third kappa shape index (κ3) is 6.42. The highest BCUT2D eigenvalue weighted by molar-refractivity contribution is 5.76. The molecule has 0 spiro atoms. The summed E-state index contributed by atoms with van der Waals surface area (Å²) in [7, 11) is 0. The van der Waals surface area contributed by atoms with Crippen LogP contribution in [0, 0.1) is 0 Å². The average molecular weight is 575 g/mol. The highest BCUT2D eigenvalue weighted by atomic mass is 19.4. The van der Waals surface area contributed by atoms with Crippen LogP contribution in [0.3, 0.4) is 0 Å². The fourth-order valence-electron chi connectivity index (χ4n) is 4.14. The standard InChI is InChI=1S/C22H23F6N9O3/c1-13(32-15-10-31-33-18(39)17(15)22(26,27)28)11-36-6-7-37(20(36)40)12-16(38)34-2-4-35(5-3-34)19-29-8-14(9-30-19)21(23,24)25/h6-10,13H,2-5,11-12H2,1H3,(H2,32,33,39)/t13-/m0/s1. The number of imidazole rings is 1. The largest absolute Gasteiger partial charge is 0.423 e. The zero-order chi connectivity index (χ0) is 29.2. The number of carbonyl (C=O) groups is 1. The van der Waals surface area contributed by atoms with E-state index in [1.54, 1.807) is 10.00 Å². The molecule has 0 aromatic carbocycles. The molecule has 3 aromatic heterocycles. The van der Waals surface area contributed by atoms with Gasteiger partial charge in [0.2, 0.25) is 11.9 Å². The van der Waals surface area contributed by atoms with Crippen LogP contribution in [0.4, 0.5) is 38.0 Å². The summed E-state index contributed by atoms with van der Waals surface area (Å²) in [5, 5.41) is 7.67. The molecule has 3 aromatic rings. The fraction of sp³-hybridized carbons (Fsp3) is 0.455. The van der Waals surface area contributed by atoms with E-state index in [4.69, 9.17) is 0 Å². The second-order valence-electron chi connectivity index (χ2n) is 9.03. The minimum atomic E-state index is -4.92. The summed E-state index contributed by atoms with van der Waals surface area (Å²) >= 11 is 0. The third-order valence-electron chi connectivity index (χ3n) is 6.12. The highest BCUT2D eigenvalue weighted by Gasteiger charge is 2.37. The molecular weight excluding hydrogens is 552 g/mol. The van der Waals surface area contributed by atoms with Gasteiger partial charge in [-0.3, -0.25) is 18.7 Å². The molecule has 1 atom stereocenters. The molecule has 0 radical (unpaired) electrons. The second kappa shape index (κ2) is 11.0. The summed E-state index contributed by atoms with van der Waals surface area (Å²) in [6.45, 7) is 2.14. The molecule has 0 aliphatic carbocycles.